The third-order valence-electron chi connectivity index (χ3n) is 4.55. The smallest absolute Gasteiger partial charge is 0.282 e. The molecule has 0 aliphatic rings. The quantitative estimate of drug-likeness (QED) is 0.388. The van der Waals surface area contributed by atoms with Gasteiger partial charge in [0.2, 0.25) is 4.96 Å². The molecule has 0 fully saturated rings. The normalized spacial score (nSPS) is 10.9. The minimum Gasteiger partial charge on any atom is -0.351 e. The van der Waals surface area contributed by atoms with E-state index in [0.717, 1.165) is 21.8 Å². The van der Waals surface area contributed by atoms with Crippen LogP contribution in [-0.4, -0.2) is 32.0 Å². The van der Waals surface area contributed by atoms with Gasteiger partial charge in [-0.1, -0.05) is 36.4 Å². The summed E-state index contributed by atoms with van der Waals surface area (Å²) in [5.41, 5.74) is 2.85. The van der Waals surface area contributed by atoms with Gasteiger partial charge in [-0.15, -0.1) is 16.4 Å². The van der Waals surface area contributed by atoms with Crippen LogP contribution in [0.2, 0.25) is 0 Å². The molecule has 1 N–H and O–H groups in total. The molecule has 9 heteroatoms. The van der Waals surface area contributed by atoms with Gasteiger partial charge in [-0.25, -0.2) is 4.52 Å². The highest BCUT2D eigenvalue weighted by Crippen LogP contribution is 2.23. The summed E-state index contributed by atoms with van der Waals surface area (Å²) in [7, 11) is 0. The Kier molecular flexibility index (Phi) is 5.05. The Bertz CT molecular complexity index is 1210. The molecule has 2 heterocycles. The van der Waals surface area contributed by atoms with Gasteiger partial charge in [-0.2, -0.15) is 4.98 Å². The van der Waals surface area contributed by atoms with Crippen molar-refractivity contribution in [2.45, 2.75) is 13.3 Å². The molecule has 2 aromatic heterocycles. The first-order valence-electron chi connectivity index (χ1n) is 8.95. The van der Waals surface area contributed by atoms with Crippen LogP contribution in [0.1, 0.15) is 21.6 Å². The Labute approximate surface area is 170 Å². The topological polar surface area (TPSA) is 102 Å². The van der Waals surface area contributed by atoms with E-state index in [1.165, 1.54) is 29.5 Å². The lowest BCUT2D eigenvalue weighted by molar-refractivity contribution is -0.385. The highest BCUT2D eigenvalue weighted by atomic mass is 32.1. The van der Waals surface area contributed by atoms with E-state index in [1.807, 2.05) is 36.6 Å². The number of para-hydroxylation sites is 1. The van der Waals surface area contributed by atoms with Crippen LogP contribution in [0, 0.1) is 17.0 Å². The van der Waals surface area contributed by atoms with Crippen molar-refractivity contribution in [2.75, 3.05) is 6.54 Å². The van der Waals surface area contributed by atoms with Crippen LogP contribution >= 0.6 is 11.3 Å². The van der Waals surface area contributed by atoms with Gasteiger partial charge in [0, 0.05) is 30.0 Å². The van der Waals surface area contributed by atoms with Crippen molar-refractivity contribution < 1.29 is 9.72 Å². The van der Waals surface area contributed by atoms with Crippen molar-refractivity contribution in [1.29, 1.82) is 0 Å². The Morgan fingerprint density at radius 3 is 2.76 bits per heavy atom. The average molecular weight is 407 g/mol. The summed E-state index contributed by atoms with van der Waals surface area (Å²) < 4.78 is 1.78. The number of aromatic nitrogens is 3. The number of rotatable bonds is 6. The van der Waals surface area contributed by atoms with Gasteiger partial charge in [-0.05, 0) is 18.6 Å². The van der Waals surface area contributed by atoms with E-state index in [4.69, 9.17) is 0 Å². The number of carbonyl (C=O) groups is 1. The van der Waals surface area contributed by atoms with E-state index in [-0.39, 0.29) is 11.3 Å². The van der Waals surface area contributed by atoms with Crippen LogP contribution in [0.15, 0.2) is 53.9 Å². The van der Waals surface area contributed by atoms with Crippen molar-refractivity contribution in [3.05, 3.63) is 80.8 Å². The largest absolute Gasteiger partial charge is 0.351 e. The molecule has 8 nitrogen and oxygen atoms in total. The molecule has 4 aromatic rings. The van der Waals surface area contributed by atoms with Gasteiger partial charge in [-0.3, -0.25) is 14.9 Å². The Balaban J connectivity index is 1.48. The highest BCUT2D eigenvalue weighted by Gasteiger charge is 2.19. The van der Waals surface area contributed by atoms with Gasteiger partial charge >= 0.3 is 0 Å². The number of fused-ring (bicyclic) bond motifs is 1. The number of thiazole rings is 1. The molecule has 2 aromatic carbocycles. The number of hydrogen-bond donors (Lipinski definition) is 1. The predicted octanol–water partition coefficient (Wildman–Crippen LogP) is 3.65. The van der Waals surface area contributed by atoms with Crippen LogP contribution in [0.25, 0.3) is 16.3 Å². The van der Waals surface area contributed by atoms with E-state index in [0.29, 0.717) is 18.8 Å². The average Bonchev–Trinajstić information content (AvgIpc) is 3.30. The number of nitrogens with zero attached hydrogens (tertiary/aromatic N) is 4. The van der Waals surface area contributed by atoms with E-state index in [9.17, 15) is 14.9 Å². The second kappa shape index (κ2) is 7.80. The van der Waals surface area contributed by atoms with E-state index >= 15 is 0 Å². The monoisotopic (exact) mass is 407 g/mol. The maximum Gasteiger partial charge on any atom is 0.282 e. The number of aryl methyl sites for hydroxylation is 1. The number of hydrogen-bond acceptors (Lipinski definition) is 6. The number of nitro benzene ring substituents is 1. The summed E-state index contributed by atoms with van der Waals surface area (Å²) in [5.74, 6) is 0.197. The van der Waals surface area contributed by atoms with Crippen molar-refractivity contribution in [3.63, 3.8) is 0 Å². The van der Waals surface area contributed by atoms with E-state index in [1.54, 1.807) is 10.6 Å². The third kappa shape index (κ3) is 3.72. The number of nitro groups is 1. The standard InChI is InChI=1S/C20H17N5O3S/c1-13-6-2-3-7-15(13)18-22-20-24(23-18)14(12-29-20)10-11-21-19(26)16-8-4-5-9-17(16)25(27)28/h2-9,12H,10-11H2,1H3,(H,21,26). The number of amides is 1. The number of carbonyl (C=O) groups excluding carboxylic acids is 1. The minimum absolute atomic E-state index is 0.0514. The molecule has 1 amide bonds. The first-order valence-corrected chi connectivity index (χ1v) is 9.83. The first-order chi connectivity index (χ1) is 14.0. The molecule has 146 valence electrons. The fourth-order valence-corrected chi connectivity index (χ4v) is 3.91. The second-order valence-electron chi connectivity index (χ2n) is 6.45. The lowest BCUT2D eigenvalue weighted by atomic mass is 10.1. The molecule has 0 spiro atoms. The fraction of sp³-hybridized carbons (Fsp3) is 0.150. The molecule has 29 heavy (non-hydrogen) atoms. The summed E-state index contributed by atoms with van der Waals surface area (Å²) >= 11 is 1.48. The van der Waals surface area contributed by atoms with Gasteiger partial charge in [0.05, 0.1) is 10.6 Å². The van der Waals surface area contributed by atoms with Crippen molar-refractivity contribution >= 4 is 27.9 Å². The summed E-state index contributed by atoms with van der Waals surface area (Å²) in [6, 6.07) is 13.8. The molecular formula is C20H17N5O3S. The van der Waals surface area contributed by atoms with Gasteiger partial charge < -0.3 is 5.32 Å². The van der Waals surface area contributed by atoms with Crippen LogP contribution in [0.5, 0.6) is 0 Å². The van der Waals surface area contributed by atoms with Gasteiger partial charge in [0.25, 0.3) is 11.6 Å². The van der Waals surface area contributed by atoms with Crippen molar-refractivity contribution in [2.24, 2.45) is 0 Å². The maximum atomic E-state index is 12.3. The minimum atomic E-state index is -0.556. The zero-order valence-corrected chi connectivity index (χ0v) is 16.3. The summed E-state index contributed by atoms with van der Waals surface area (Å²) in [5, 5.41) is 20.4. The lowest BCUT2D eigenvalue weighted by Gasteiger charge is -2.05. The summed E-state index contributed by atoms with van der Waals surface area (Å²) in [6.07, 6.45) is 0.531. The Morgan fingerprint density at radius 1 is 1.21 bits per heavy atom. The number of nitrogens with one attached hydrogen (secondary N) is 1. The van der Waals surface area contributed by atoms with Gasteiger partial charge in [0.1, 0.15) is 5.56 Å². The maximum absolute atomic E-state index is 12.3. The second-order valence-corrected chi connectivity index (χ2v) is 7.29. The zero-order valence-electron chi connectivity index (χ0n) is 15.5. The van der Waals surface area contributed by atoms with Crippen LogP contribution in [0.3, 0.4) is 0 Å². The predicted molar refractivity (Wildman–Crippen MR) is 110 cm³/mol. The summed E-state index contributed by atoms with van der Waals surface area (Å²) in [4.78, 5) is 28.2. The fourth-order valence-electron chi connectivity index (χ4n) is 3.06. The first kappa shape index (κ1) is 18.8. The van der Waals surface area contributed by atoms with E-state index in [2.05, 4.69) is 15.4 Å². The van der Waals surface area contributed by atoms with Crippen LogP contribution in [-0.2, 0) is 6.42 Å². The Morgan fingerprint density at radius 2 is 1.97 bits per heavy atom. The molecule has 0 bridgehead atoms. The van der Waals surface area contributed by atoms with Gasteiger partial charge in [0.15, 0.2) is 5.82 Å². The van der Waals surface area contributed by atoms with Crippen molar-refractivity contribution in [3.8, 4) is 11.4 Å². The third-order valence-corrected chi connectivity index (χ3v) is 5.41. The zero-order chi connectivity index (χ0) is 20.4. The lowest BCUT2D eigenvalue weighted by Crippen LogP contribution is -2.26. The van der Waals surface area contributed by atoms with E-state index < -0.39 is 10.8 Å². The van der Waals surface area contributed by atoms with Crippen LogP contribution < -0.4 is 5.32 Å². The molecule has 0 atom stereocenters. The molecular weight excluding hydrogens is 390 g/mol. The highest BCUT2D eigenvalue weighted by molar-refractivity contribution is 7.15. The van der Waals surface area contributed by atoms with Crippen molar-refractivity contribution in [1.82, 2.24) is 19.9 Å². The molecule has 4 rings (SSSR count). The Hall–Kier alpha value is -3.59. The molecule has 0 saturated carbocycles. The SMILES string of the molecule is Cc1ccccc1-c1nc2scc(CCNC(=O)c3ccccc3[N+](=O)[O-])n2n1. The number of benzene rings is 2. The molecule has 0 saturated heterocycles. The molecule has 0 aliphatic carbocycles. The van der Waals surface area contributed by atoms with Crippen LogP contribution in [0.4, 0.5) is 5.69 Å². The molecule has 0 unspecified atom stereocenters. The summed E-state index contributed by atoms with van der Waals surface area (Å²) in [6.45, 7) is 2.35. The molecule has 0 aliphatic heterocycles. The molecule has 0 radical (unpaired) electrons.